The largest absolute Gasteiger partial charge is 0.416 e. The fourth-order valence-electron chi connectivity index (χ4n) is 0.718. The lowest BCUT2D eigenvalue weighted by molar-refractivity contribution is -0.0472. The molecule has 65 valence electrons. The second-order valence-corrected chi connectivity index (χ2v) is 2.76. The van der Waals surface area contributed by atoms with Crippen LogP contribution in [0.5, 0.6) is 0 Å². The highest BCUT2D eigenvalue weighted by atomic mass is 28.2. The Kier molecular flexibility index (Phi) is 6.85. The molecule has 0 spiro atoms. The molecule has 0 heterocycles. The zero-order chi connectivity index (χ0) is 8.69. The van der Waals surface area contributed by atoms with E-state index in [1.54, 1.807) is 0 Å². The predicted molar refractivity (Wildman–Crippen MR) is 43.4 cm³/mol. The van der Waals surface area contributed by atoms with Gasteiger partial charge in [-0.25, -0.2) is 0 Å². The summed E-state index contributed by atoms with van der Waals surface area (Å²) < 4.78 is 10.1. The standard InChI is InChI=1S/C7H15O3Si/c1-3-7(5-9-11)10-6(2)4-8/h6-8H,3-5H2,1-2H3/t6-,7-/m1/s1. The Hall–Kier alpha value is 0.0969. The van der Waals surface area contributed by atoms with Crippen molar-refractivity contribution in [3.8, 4) is 0 Å². The van der Waals surface area contributed by atoms with Gasteiger partial charge >= 0.3 is 0 Å². The van der Waals surface area contributed by atoms with E-state index in [0.29, 0.717) is 6.61 Å². The molecule has 0 bridgehead atoms. The SMILES string of the molecule is CC[C@H](CO[Si])O[C@H](C)CO. The van der Waals surface area contributed by atoms with E-state index in [4.69, 9.17) is 14.3 Å². The number of aliphatic hydroxyl groups excluding tert-OH is 1. The molecule has 11 heavy (non-hydrogen) atoms. The van der Waals surface area contributed by atoms with Crippen LogP contribution in [0.3, 0.4) is 0 Å². The Labute approximate surface area is 71.2 Å². The third-order valence-corrected chi connectivity index (χ3v) is 1.57. The van der Waals surface area contributed by atoms with Gasteiger partial charge in [0.1, 0.15) is 0 Å². The van der Waals surface area contributed by atoms with Gasteiger partial charge in [-0.1, -0.05) is 6.92 Å². The van der Waals surface area contributed by atoms with Crippen LogP contribution in [0, 0.1) is 0 Å². The van der Waals surface area contributed by atoms with Crippen LogP contribution in [-0.4, -0.2) is 41.0 Å². The molecule has 0 aromatic carbocycles. The van der Waals surface area contributed by atoms with Gasteiger partial charge in [0.15, 0.2) is 0 Å². The molecule has 0 saturated carbocycles. The smallest absolute Gasteiger partial charge is 0.246 e. The van der Waals surface area contributed by atoms with Crippen LogP contribution in [0.15, 0.2) is 0 Å². The molecule has 0 aromatic heterocycles. The van der Waals surface area contributed by atoms with Gasteiger partial charge in [0, 0.05) is 0 Å². The van der Waals surface area contributed by atoms with Crippen molar-refractivity contribution in [2.45, 2.75) is 32.5 Å². The Balaban J connectivity index is 3.49. The lowest BCUT2D eigenvalue weighted by Crippen LogP contribution is -2.25. The fraction of sp³-hybridized carbons (Fsp3) is 1.00. The number of ether oxygens (including phenoxy) is 1. The molecular weight excluding hydrogens is 160 g/mol. The van der Waals surface area contributed by atoms with Crippen LogP contribution < -0.4 is 0 Å². The van der Waals surface area contributed by atoms with Crippen molar-refractivity contribution < 1.29 is 14.3 Å². The highest BCUT2D eigenvalue weighted by Crippen LogP contribution is 2.02. The normalized spacial score (nSPS) is 16.4. The van der Waals surface area contributed by atoms with Crippen molar-refractivity contribution in [2.24, 2.45) is 0 Å². The molecule has 0 rings (SSSR count). The zero-order valence-electron chi connectivity index (χ0n) is 7.04. The summed E-state index contributed by atoms with van der Waals surface area (Å²) in [6, 6.07) is 0. The number of hydrogen-bond donors (Lipinski definition) is 1. The molecule has 0 unspecified atom stereocenters. The van der Waals surface area contributed by atoms with E-state index in [0.717, 1.165) is 6.42 Å². The van der Waals surface area contributed by atoms with Gasteiger partial charge in [-0.2, -0.15) is 0 Å². The van der Waals surface area contributed by atoms with Crippen molar-refractivity contribution in [2.75, 3.05) is 13.2 Å². The van der Waals surface area contributed by atoms with Gasteiger partial charge in [0.05, 0.1) is 25.4 Å². The van der Waals surface area contributed by atoms with E-state index >= 15 is 0 Å². The highest BCUT2D eigenvalue weighted by Gasteiger charge is 2.09. The average Bonchev–Trinajstić information content (AvgIpc) is 2.03. The molecule has 3 radical (unpaired) electrons. The first-order chi connectivity index (χ1) is 5.24. The van der Waals surface area contributed by atoms with Gasteiger partial charge in [-0.05, 0) is 13.3 Å². The predicted octanol–water partition coefficient (Wildman–Crippen LogP) is 0.263. The third kappa shape index (κ3) is 5.38. The monoisotopic (exact) mass is 175 g/mol. The maximum atomic E-state index is 8.67. The molecule has 0 aliphatic rings. The lowest BCUT2D eigenvalue weighted by atomic mass is 10.3. The van der Waals surface area contributed by atoms with Gasteiger partial charge in [-0.3, -0.25) is 0 Å². The Morgan fingerprint density at radius 1 is 1.55 bits per heavy atom. The minimum Gasteiger partial charge on any atom is -0.416 e. The quantitative estimate of drug-likeness (QED) is 0.589. The maximum absolute atomic E-state index is 8.67. The molecule has 4 heteroatoms. The molecule has 0 aliphatic carbocycles. The van der Waals surface area contributed by atoms with Crippen LogP contribution in [0.4, 0.5) is 0 Å². The molecule has 0 fully saturated rings. The van der Waals surface area contributed by atoms with Crippen molar-refractivity contribution >= 4 is 10.5 Å². The summed E-state index contributed by atoms with van der Waals surface area (Å²) in [5, 5.41) is 8.67. The average molecular weight is 175 g/mol. The highest BCUT2D eigenvalue weighted by molar-refractivity contribution is 5.97. The van der Waals surface area contributed by atoms with Crippen LogP contribution in [0.25, 0.3) is 0 Å². The molecule has 2 atom stereocenters. The summed E-state index contributed by atoms with van der Waals surface area (Å²) in [5.41, 5.74) is 0. The van der Waals surface area contributed by atoms with E-state index < -0.39 is 0 Å². The molecule has 1 N–H and O–H groups in total. The molecule has 0 amide bonds. The summed E-state index contributed by atoms with van der Waals surface area (Å²) in [5.74, 6) is 0. The van der Waals surface area contributed by atoms with Gasteiger partial charge in [-0.15, -0.1) is 0 Å². The first-order valence-corrected chi connectivity index (χ1v) is 4.20. The Morgan fingerprint density at radius 2 is 2.18 bits per heavy atom. The summed E-state index contributed by atoms with van der Waals surface area (Å²) in [7, 11) is 2.91. The van der Waals surface area contributed by atoms with E-state index in [2.05, 4.69) is 10.5 Å². The van der Waals surface area contributed by atoms with Crippen LogP contribution in [0.1, 0.15) is 20.3 Å². The topological polar surface area (TPSA) is 38.7 Å². The van der Waals surface area contributed by atoms with E-state index in [-0.39, 0.29) is 18.8 Å². The second kappa shape index (κ2) is 6.79. The van der Waals surface area contributed by atoms with Crippen LogP contribution in [-0.2, 0) is 9.16 Å². The van der Waals surface area contributed by atoms with Gasteiger partial charge in [0.25, 0.3) is 0 Å². The summed E-state index contributed by atoms with van der Waals surface area (Å²) in [6.07, 6.45) is 0.839. The minimum absolute atomic E-state index is 0.0538. The van der Waals surface area contributed by atoms with E-state index in [9.17, 15) is 0 Å². The summed E-state index contributed by atoms with van der Waals surface area (Å²) in [6.45, 7) is 4.41. The molecule has 0 saturated heterocycles. The second-order valence-electron chi connectivity index (χ2n) is 2.47. The summed E-state index contributed by atoms with van der Waals surface area (Å²) in [4.78, 5) is 0. The van der Waals surface area contributed by atoms with Crippen molar-refractivity contribution in [1.29, 1.82) is 0 Å². The maximum Gasteiger partial charge on any atom is 0.246 e. The number of hydrogen-bond acceptors (Lipinski definition) is 3. The van der Waals surface area contributed by atoms with Gasteiger partial charge in [0.2, 0.25) is 10.5 Å². The molecular formula is C7H15O3Si. The van der Waals surface area contributed by atoms with E-state index in [1.807, 2.05) is 13.8 Å². The Morgan fingerprint density at radius 3 is 2.55 bits per heavy atom. The molecule has 0 aliphatic heterocycles. The zero-order valence-corrected chi connectivity index (χ0v) is 8.04. The van der Waals surface area contributed by atoms with Gasteiger partial charge < -0.3 is 14.3 Å². The van der Waals surface area contributed by atoms with Crippen LogP contribution in [0.2, 0.25) is 0 Å². The van der Waals surface area contributed by atoms with E-state index in [1.165, 1.54) is 0 Å². The third-order valence-electron chi connectivity index (χ3n) is 1.41. The fourth-order valence-corrected chi connectivity index (χ4v) is 0.904. The molecule has 3 nitrogen and oxygen atoms in total. The number of aliphatic hydroxyl groups is 1. The van der Waals surface area contributed by atoms with Crippen LogP contribution >= 0.6 is 0 Å². The first kappa shape index (κ1) is 11.1. The Bertz CT molecular complexity index is 89.8. The first-order valence-electron chi connectivity index (χ1n) is 3.79. The lowest BCUT2D eigenvalue weighted by Gasteiger charge is -2.18. The van der Waals surface area contributed by atoms with Crippen molar-refractivity contribution in [3.05, 3.63) is 0 Å². The summed E-state index contributed by atoms with van der Waals surface area (Å²) >= 11 is 0. The number of rotatable bonds is 6. The van der Waals surface area contributed by atoms with Crippen molar-refractivity contribution in [3.63, 3.8) is 0 Å². The minimum atomic E-state index is -0.109. The van der Waals surface area contributed by atoms with Crippen molar-refractivity contribution in [1.82, 2.24) is 0 Å². The molecule has 0 aromatic rings.